The number of rotatable bonds is 3. The van der Waals surface area contributed by atoms with Crippen molar-refractivity contribution in [2.24, 2.45) is 0 Å². The van der Waals surface area contributed by atoms with Gasteiger partial charge < -0.3 is 4.74 Å². The van der Waals surface area contributed by atoms with Gasteiger partial charge in [-0.3, -0.25) is 9.69 Å². The van der Waals surface area contributed by atoms with Crippen LogP contribution >= 0.6 is 11.3 Å². The van der Waals surface area contributed by atoms with Crippen LogP contribution in [-0.2, 0) is 4.74 Å². The summed E-state index contributed by atoms with van der Waals surface area (Å²) in [5.74, 6) is 0.0758. The fourth-order valence-corrected chi connectivity index (χ4v) is 2.59. The van der Waals surface area contributed by atoms with Crippen LogP contribution in [0.3, 0.4) is 0 Å². The molecule has 0 N–H and O–H groups in total. The quantitative estimate of drug-likeness (QED) is 0.755. The number of carbonyl (C=O) groups is 1. The molecule has 1 aliphatic heterocycles. The molecular formula is C11H16N2O2S. The first-order valence-electron chi connectivity index (χ1n) is 5.51. The van der Waals surface area contributed by atoms with Gasteiger partial charge in [0.15, 0.2) is 5.78 Å². The molecule has 2 heterocycles. The highest BCUT2D eigenvalue weighted by Crippen LogP contribution is 2.26. The monoisotopic (exact) mass is 240 g/mol. The van der Waals surface area contributed by atoms with Gasteiger partial charge in [-0.25, -0.2) is 4.98 Å². The van der Waals surface area contributed by atoms with Crippen molar-refractivity contribution >= 4 is 17.1 Å². The largest absolute Gasteiger partial charge is 0.368 e. The van der Waals surface area contributed by atoms with Crippen LogP contribution in [0.1, 0.15) is 34.6 Å². The van der Waals surface area contributed by atoms with E-state index >= 15 is 0 Å². The standard InChI is InChI=1S/C11H16N2O2S/c1-3-13-4-5-15-9(7-13)11-12-6-10(16-11)8(2)14/h6,9H,3-5,7H2,1-2H3. The number of hydrogen-bond acceptors (Lipinski definition) is 5. The first kappa shape index (κ1) is 11.7. The summed E-state index contributed by atoms with van der Waals surface area (Å²) in [5.41, 5.74) is 0. The second-order valence-electron chi connectivity index (χ2n) is 3.87. The van der Waals surface area contributed by atoms with Gasteiger partial charge in [0, 0.05) is 26.2 Å². The van der Waals surface area contributed by atoms with Crippen molar-refractivity contribution in [1.29, 1.82) is 0 Å². The number of morpholine rings is 1. The Morgan fingerprint density at radius 2 is 2.56 bits per heavy atom. The molecule has 4 nitrogen and oxygen atoms in total. The fourth-order valence-electron chi connectivity index (χ4n) is 1.74. The van der Waals surface area contributed by atoms with E-state index in [1.807, 2.05) is 0 Å². The van der Waals surface area contributed by atoms with Crippen molar-refractivity contribution in [3.63, 3.8) is 0 Å². The van der Waals surface area contributed by atoms with E-state index in [0.29, 0.717) is 4.88 Å². The average Bonchev–Trinajstić information content (AvgIpc) is 2.78. The third-order valence-electron chi connectivity index (χ3n) is 2.74. The molecule has 16 heavy (non-hydrogen) atoms. The molecule has 1 saturated heterocycles. The molecular weight excluding hydrogens is 224 g/mol. The molecule has 5 heteroatoms. The van der Waals surface area contributed by atoms with E-state index in [0.717, 1.165) is 31.2 Å². The highest BCUT2D eigenvalue weighted by atomic mass is 32.1. The molecule has 1 atom stereocenters. The van der Waals surface area contributed by atoms with E-state index in [2.05, 4.69) is 16.8 Å². The van der Waals surface area contributed by atoms with Crippen LogP contribution in [0.2, 0.25) is 0 Å². The highest BCUT2D eigenvalue weighted by molar-refractivity contribution is 7.13. The van der Waals surface area contributed by atoms with Gasteiger partial charge in [0.05, 0.1) is 11.5 Å². The van der Waals surface area contributed by atoms with E-state index in [1.54, 1.807) is 13.1 Å². The van der Waals surface area contributed by atoms with Gasteiger partial charge in [-0.2, -0.15) is 0 Å². The number of nitrogens with zero attached hydrogens (tertiary/aromatic N) is 2. The Morgan fingerprint density at radius 1 is 1.75 bits per heavy atom. The van der Waals surface area contributed by atoms with E-state index in [1.165, 1.54) is 11.3 Å². The fraction of sp³-hybridized carbons (Fsp3) is 0.636. The van der Waals surface area contributed by atoms with Crippen molar-refractivity contribution in [3.8, 4) is 0 Å². The van der Waals surface area contributed by atoms with E-state index in [4.69, 9.17) is 4.74 Å². The zero-order valence-electron chi connectivity index (χ0n) is 9.60. The van der Waals surface area contributed by atoms with Crippen molar-refractivity contribution < 1.29 is 9.53 Å². The second kappa shape index (κ2) is 5.03. The number of aromatic nitrogens is 1. The summed E-state index contributed by atoms with van der Waals surface area (Å²) in [4.78, 5) is 18.5. The van der Waals surface area contributed by atoms with Crippen molar-refractivity contribution in [2.45, 2.75) is 20.0 Å². The predicted octanol–water partition coefficient (Wildman–Crippen LogP) is 1.74. The molecule has 1 fully saturated rings. The van der Waals surface area contributed by atoms with Crippen molar-refractivity contribution in [1.82, 2.24) is 9.88 Å². The molecule has 0 saturated carbocycles. The Labute approximate surface area is 99.2 Å². The maximum absolute atomic E-state index is 11.2. The molecule has 1 unspecified atom stereocenters. The van der Waals surface area contributed by atoms with E-state index in [-0.39, 0.29) is 11.9 Å². The first-order valence-corrected chi connectivity index (χ1v) is 6.33. The van der Waals surface area contributed by atoms with Crippen LogP contribution in [0.4, 0.5) is 0 Å². The Kier molecular flexibility index (Phi) is 3.68. The van der Waals surface area contributed by atoms with Gasteiger partial charge in [-0.1, -0.05) is 6.92 Å². The summed E-state index contributed by atoms with van der Waals surface area (Å²) in [6.45, 7) is 7.35. The molecule has 0 amide bonds. The Bertz CT molecular complexity index is 378. The van der Waals surface area contributed by atoms with Crippen LogP contribution < -0.4 is 0 Å². The third kappa shape index (κ3) is 2.48. The Balaban J connectivity index is 2.08. The maximum atomic E-state index is 11.2. The lowest BCUT2D eigenvalue weighted by molar-refractivity contribution is -0.0282. The van der Waals surface area contributed by atoms with Crippen LogP contribution in [0.25, 0.3) is 0 Å². The molecule has 0 aliphatic carbocycles. The molecule has 1 aliphatic rings. The van der Waals surface area contributed by atoms with Crippen LogP contribution in [-0.4, -0.2) is 41.9 Å². The molecule has 88 valence electrons. The number of Topliss-reactive ketones (excluding diaryl/α,β-unsaturated/α-hetero) is 1. The average molecular weight is 240 g/mol. The molecule has 1 aromatic rings. The van der Waals surface area contributed by atoms with E-state index < -0.39 is 0 Å². The van der Waals surface area contributed by atoms with Crippen LogP contribution in [0.15, 0.2) is 6.20 Å². The number of carbonyl (C=O) groups excluding carboxylic acids is 1. The minimum Gasteiger partial charge on any atom is -0.368 e. The van der Waals surface area contributed by atoms with Gasteiger partial charge >= 0.3 is 0 Å². The zero-order chi connectivity index (χ0) is 11.5. The summed E-state index contributed by atoms with van der Waals surface area (Å²) in [5, 5.41) is 0.920. The number of hydrogen-bond donors (Lipinski definition) is 0. The summed E-state index contributed by atoms with van der Waals surface area (Å²) in [7, 11) is 0. The Hall–Kier alpha value is -0.780. The lowest BCUT2D eigenvalue weighted by atomic mass is 10.3. The number of ether oxygens (including phenoxy) is 1. The minimum absolute atomic E-state index is 0.0341. The SMILES string of the molecule is CCN1CCOC(c2ncc(C(C)=O)s2)C1. The van der Waals surface area contributed by atoms with Crippen molar-refractivity contribution in [2.75, 3.05) is 26.2 Å². The normalized spacial score (nSPS) is 22.2. The molecule has 0 radical (unpaired) electrons. The van der Waals surface area contributed by atoms with Crippen molar-refractivity contribution in [3.05, 3.63) is 16.1 Å². The maximum Gasteiger partial charge on any atom is 0.171 e. The predicted molar refractivity (Wildman–Crippen MR) is 62.9 cm³/mol. The van der Waals surface area contributed by atoms with Gasteiger partial charge in [-0.05, 0) is 6.54 Å². The third-order valence-corrected chi connectivity index (χ3v) is 3.93. The molecule has 0 spiro atoms. The summed E-state index contributed by atoms with van der Waals surface area (Å²) < 4.78 is 5.68. The lowest BCUT2D eigenvalue weighted by Crippen LogP contribution is -2.37. The summed E-state index contributed by atoms with van der Waals surface area (Å²) >= 11 is 1.45. The van der Waals surface area contributed by atoms with Gasteiger partial charge in [0.2, 0.25) is 0 Å². The van der Waals surface area contributed by atoms with Crippen LogP contribution in [0, 0.1) is 0 Å². The van der Waals surface area contributed by atoms with Gasteiger partial charge in [0.25, 0.3) is 0 Å². The first-order chi connectivity index (χ1) is 7.70. The van der Waals surface area contributed by atoms with Crippen LogP contribution in [0.5, 0.6) is 0 Å². The minimum atomic E-state index is 0.0341. The van der Waals surface area contributed by atoms with Gasteiger partial charge in [0.1, 0.15) is 11.1 Å². The molecule has 1 aromatic heterocycles. The number of likely N-dealkylation sites (N-methyl/N-ethyl adjacent to an activating group) is 1. The molecule has 2 rings (SSSR count). The van der Waals surface area contributed by atoms with Gasteiger partial charge in [-0.15, -0.1) is 11.3 Å². The number of thiazole rings is 1. The van der Waals surface area contributed by atoms with E-state index in [9.17, 15) is 4.79 Å². The molecule has 0 aromatic carbocycles. The summed E-state index contributed by atoms with van der Waals surface area (Å²) in [6.07, 6.45) is 1.68. The zero-order valence-corrected chi connectivity index (χ0v) is 10.4. The summed E-state index contributed by atoms with van der Waals surface area (Å²) in [6, 6.07) is 0. The lowest BCUT2D eigenvalue weighted by Gasteiger charge is -2.30. The highest BCUT2D eigenvalue weighted by Gasteiger charge is 2.23. The smallest absolute Gasteiger partial charge is 0.171 e. The second-order valence-corrected chi connectivity index (χ2v) is 4.93. The molecule has 0 bridgehead atoms. The Morgan fingerprint density at radius 3 is 3.19 bits per heavy atom. The number of ketones is 1. The topological polar surface area (TPSA) is 42.4 Å².